The summed E-state index contributed by atoms with van der Waals surface area (Å²) in [7, 11) is 0. The van der Waals surface area contributed by atoms with Gasteiger partial charge in [0.05, 0.1) is 6.04 Å². The number of rotatable bonds is 11. The SMILES string of the molecule is C[C@H](NC(=O)[C@@H](CCc1ccccc1)NC1CCCC1)C(=O)NCc1ccc(C(=N)N)cc1. The second kappa shape index (κ2) is 12.2. The first-order chi connectivity index (χ1) is 15.9. The predicted molar refractivity (Wildman–Crippen MR) is 131 cm³/mol. The minimum absolute atomic E-state index is 0.00921. The number of nitrogens with one attached hydrogen (secondary N) is 4. The first kappa shape index (κ1) is 24.5. The second-order valence-corrected chi connectivity index (χ2v) is 8.78. The highest BCUT2D eigenvalue weighted by Crippen LogP contribution is 2.19. The lowest BCUT2D eigenvalue weighted by atomic mass is 10.0. The molecule has 176 valence electrons. The normalized spacial score (nSPS) is 15.5. The van der Waals surface area contributed by atoms with E-state index in [2.05, 4.69) is 28.1 Å². The van der Waals surface area contributed by atoms with Crippen molar-refractivity contribution < 1.29 is 9.59 Å². The maximum atomic E-state index is 13.1. The predicted octanol–water partition coefficient (Wildman–Crippen LogP) is 2.63. The van der Waals surface area contributed by atoms with Gasteiger partial charge in [-0.15, -0.1) is 0 Å². The molecule has 1 aliphatic rings. The fraction of sp³-hybridized carbons (Fsp3) is 0.423. The van der Waals surface area contributed by atoms with E-state index in [1.807, 2.05) is 30.3 Å². The lowest BCUT2D eigenvalue weighted by Gasteiger charge is -2.24. The van der Waals surface area contributed by atoms with Gasteiger partial charge in [0.15, 0.2) is 0 Å². The molecule has 2 amide bonds. The third kappa shape index (κ3) is 7.71. The second-order valence-electron chi connectivity index (χ2n) is 8.78. The van der Waals surface area contributed by atoms with E-state index in [1.165, 1.54) is 18.4 Å². The highest BCUT2D eigenvalue weighted by molar-refractivity contribution is 5.95. The summed E-state index contributed by atoms with van der Waals surface area (Å²) in [5.74, 6) is -0.358. The molecular weight excluding hydrogens is 414 g/mol. The third-order valence-corrected chi connectivity index (χ3v) is 6.16. The Bertz CT molecular complexity index is 923. The Morgan fingerprint density at radius 1 is 1.00 bits per heavy atom. The van der Waals surface area contributed by atoms with Crippen LogP contribution in [-0.4, -0.2) is 35.8 Å². The van der Waals surface area contributed by atoms with Crippen LogP contribution in [0.4, 0.5) is 0 Å². The number of amides is 2. The zero-order valence-electron chi connectivity index (χ0n) is 19.3. The Balaban J connectivity index is 1.52. The Morgan fingerprint density at radius 3 is 2.30 bits per heavy atom. The molecule has 2 aromatic rings. The number of carbonyl (C=O) groups is 2. The largest absolute Gasteiger partial charge is 0.384 e. The minimum atomic E-state index is -0.640. The van der Waals surface area contributed by atoms with Crippen LogP contribution in [0.2, 0.25) is 0 Å². The van der Waals surface area contributed by atoms with Crippen molar-refractivity contribution in [1.82, 2.24) is 16.0 Å². The van der Waals surface area contributed by atoms with Gasteiger partial charge in [0.25, 0.3) is 0 Å². The molecule has 2 aromatic carbocycles. The van der Waals surface area contributed by atoms with Crippen LogP contribution in [0.15, 0.2) is 54.6 Å². The molecule has 0 spiro atoms. The van der Waals surface area contributed by atoms with Gasteiger partial charge in [-0.25, -0.2) is 0 Å². The Morgan fingerprint density at radius 2 is 1.67 bits per heavy atom. The van der Waals surface area contributed by atoms with Gasteiger partial charge in [0.1, 0.15) is 11.9 Å². The number of amidine groups is 1. The number of hydrogen-bond acceptors (Lipinski definition) is 4. The van der Waals surface area contributed by atoms with Gasteiger partial charge in [-0.1, -0.05) is 67.4 Å². The summed E-state index contributed by atoms with van der Waals surface area (Å²) in [6, 6.07) is 16.7. The molecule has 0 bridgehead atoms. The summed E-state index contributed by atoms with van der Waals surface area (Å²) < 4.78 is 0. The zero-order valence-corrected chi connectivity index (χ0v) is 19.3. The summed E-state index contributed by atoms with van der Waals surface area (Å²) in [5.41, 5.74) is 8.21. The highest BCUT2D eigenvalue weighted by atomic mass is 16.2. The molecule has 3 rings (SSSR count). The van der Waals surface area contributed by atoms with E-state index in [1.54, 1.807) is 19.1 Å². The van der Waals surface area contributed by atoms with Gasteiger partial charge in [0, 0.05) is 18.2 Å². The number of carbonyl (C=O) groups excluding carboxylic acids is 2. The molecule has 0 aliphatic heterocycles. The van der Waals surface area contributed by atoms with Crippen LogP contribution < -0.4 is 21.7 Å². The van der Waals surface area contributed by atoms with Crippen LogP contribution in [0.1, 0.15) is 55.7 Å². The van der Waals surface area contributed by atoms with Crippen molar-refractivity contribution in [3.63, 3.8) is 0 Å². The molecule has 2 atom stereocenters. The van der Waals surface area contributed by atoms with Gasteiger partial charge >= 0.3 is 0 Å². The summed E-state index contributed by atoms with van der Waals surface area (Å²) in [6.07, 6.45) is 6.05. The van der Waals surface area contributed by atoms with E-state index in [-0.39, 0.29) is 23.7 Å². The van der Waals surface area contributed by atoms with Crippen molar-refractivity contribution in [2.75, 3.05) is 0 Å². The molecule has 1 saturated carbocycles. The van der Waals surface area contributed by atoms with Gasteiger partial charge < -0.3 is 21.7 Å². The molecule has 0 radical (unpaired) electrons. The maximum Gasteiger partial charge on any atom is 0.242 e. The molecule has 0 aromatic heterocycles. The highest BCUT2D eigenvalue weighted by Gasteiger charge is 2.26. The van der Waals surface area contributed by atoms with E-state index < -0.39 is 6.04 Å². The van der Waals surface area contributed by atoms with Crippen molar-refractivity contribution in [3.05, 3.63) is 71.3 Å². The molecule has 0 saturated heterocycles. The average Bonchev–Trinajstić information content (AvgIpc) is 3.34. The van der Waals surface area contributed by atoms with Crippen LogP contribution in [0.3, 0.4) is 0 Å². The van der Waals surface area contributed by atoms with E-state index >= 15 is 0 Å². The molecule has 7 nitrogen and oxygen atoms in total. The monoisotopic (exact) mass is 449 g/mol. The standard InChI is InChI=1S/C26H35N5O2/c1-18(25(32)29-17-20-11-14-21(15-12-20)24(27)28)30-26(33)23(31-22-9-5-6-10-22)16-13-19-7-3-2-4-8-19/h2-4,7-8,11-12,14-15,18,22-23,31H,5-6,9-10,13,16-17H2,1H3,(H3,27,28)(H,29,32)(H,30,33)/t18-,23+/m0/s1. The van der Waals surface area contributed by atoms with Crippen LogP contribution in [0.25, 0.3) is 0 Å². The fourth-order valence-corrected chi connectivity index (χ4v) is 4.15. The number of nitrogens with two attached hydrogens (primary N) is 1. The van der Waals surface area contributed by atoms with Crippen molar-refractivity contribution in [1.29, 1.82) is 5.41 Å². The van der Waals surface area contributed by atoms with Crippen LogP contribution in [0, 0.1) is 5.41 Å². The number of benzene rings is 2. The van der Waals surface area contributed by atoms with Crippen LogP contribution >= 0.6 is 0 Å². The molecule has 0 unspecified atom stereocenters. The summed E-state index contributed by atoms with van der Waals surface area (Å²) in [4.78, 5) is 25.6. The van der Waals surface area contributed by atoms with E-state index in [0.717, 1.165) is 24.8 Å². The first-order valence-electron chi connectivity index (χ1n) is 11.7. The van der Waals surface area contributed by atoms with Gasteiger partial charge in [-0.2, -0.15) is 0 Å². The van der Waals surface area contributed by atoms with Crippen molar-refractivity contribution in [3.8, 4) is 0 Å². The van der Waals surface area contributed by atoms with Crippen LogP contribution in [0.5, 0.6) is 0 Å². The summed E-state index contributed by atoms with van der Waals surface area (Å²) in [5, 5.41) is 16.7. The van der Waals surface area contributed by atoms with E-state index in [9.17, 15) is 9.59 Å². The Kier molecular flexibility index (Phi) is 9.01. The lowest BCUT2D eigenvalue weighted by molar-refractivity contribution is -0.129. The van der Waals surface area contributed by atoms with Gasteiger partial charge in [-0.05, 0) is 43.7 Å². The van der Waals surface area contributed by atoms with Gasteiger partial charge in [0.2, 0.25) is 11.8 Å². The zero-order chi connectivity index (χ0) is 23.6. The molecule has 0 heterocycles. The van der Waals surface area contributed by atoms with E-state index in [0.29, 0.717) is 24.6 Å². The topological polar surface area (TPSA) is 120 Å². The first-order valence-corrected chi connectivity index (χ1v) is 11.7. The summed E-state index contributed by atoms with van der Waals surface area (Å²) >= 11 is 0. The average molecular weight is 450 g/mol. The fourth-order valence-electron chi connectivity index (χ4n) is 4.15. The maximum absolute atomic E-state index is 13.1. The van der Waals surface area contributed by atoms with Crippen molar-refractivity contribution >= 4 is 17.6 Å². The number of hydrogen-bond donors (Lipinski definition) is 5. The number of aryl methyl sites for hydroxylation is 1. The lowest BCUT2D eigenvalue weighted by Crippen LogP contribution is -2.53. The molecule has 1 aliphatic carbocycles. The third-order valence-electron chi connectivity index (χ3n) is 6.16. The number of nitrogen functional groups attached to an aromatic ring is 1. The Hall–Kier alpha value is -3.19. The van der Waals surface area contributed by atoms with Crippen molar-refractivity contribution in [2.45, 2.75) is 70.1 Å². The molecule has 7 heteroatoms. The van der Waals surface area contributed by atoms with E-state index in [4.69, 9.17) is 11.1 Å². The molecular formula is C26H35N5O2. The quantitative estimate of drug-likeness (QED) is 0.267. The minimum Gasteiger partial charge on any atom is -0.384 e. The van der Waals surface area contributed by atoms with Gasteiger partial charge in [-0.3, -0.25) is 15.0 Å². The molecule has 1 fully saturated rings. The molecule has 33 heavy (non-hydrogen) atoms. The smallest absolute Gasteiger partial charge is 0.242 e. The van der Waals surface area contributed by atoms with Crippen molar-refractivity contribution in [2.24, 2.45) is 5.73 Å². The summed E-state index contributed by atoms with van der Waals surface area (Å²) in [6.45, 7) is 2.05. The Labute approximate surface area is 196 Å². The van der Waals surface area contributed by atoms with Crippen LogP contribution in [-0.2, 0) is 22.6 Å². The molecule has 6 N–H and O–H groups in total.